The van der Waals surface area contributed by atoms with Gasteiger partial charge in [-0.05, 0) is 66.1 Å². The van der Waals surface area contributed by atoms with Crippen molar-refractivity contribution in [2.75, 3.05) is 6.61 Å². The predicted molar refractivity (Wildman–Crippen MR) is 92.4 cm³/mol. The molecule has 0 atom stereocenters. The highest BCUT2D eigenvalue weighted by Gasteiger charge is 2.08. The van der Waals surface area contributed by atoms with Gasteiger partial charge < -0.3 is 9.84 Å². The number of carboxylic acid groups (broad SMARTS) is 1. The van der Waals surface area contributed by atoms with Crippen LogP contribution in [0.1, 0.15) is 47.6 Å². The highest BCUT2D eigenvalue weighted by molar-refractivity contribution is 5.68. The summed E-state index contributed by atoms with van der Waals surface area (Å²) in [5, 5.41) is 8.66. The molecule has 3 heteroatoms. The van der Waals surface area contributed by atoms with Crippen LogP contribution in [0.15, 0.2) is 36.4 Å². The molecule has 122 valence electrons. The summed E-state index contributed by atoms with van der Waals surface area (Å²) in [6, 6.07) is 12.4. The van der Waals surface area contributed by atoms with Crippen LogP contribution in [0.25, 0.3) is 0 Å². The second-order valence-corrected chi connectivity index (χ2v) is 6.29. The van der Waals surface area contributed by atoms with Crippen molar-refractivity contribution in [2.45, 2.75) is 40.0 Å². The molecule has 0 aliphatic rings. The predicted octanol–water partition coefficient (Wildman–Crippen LogP) is 4.48. The van der Waals surface area contributed by atoms with E-state index in [1.807, 2.05) is 25.1 Å². The number of hydrogen-bond acceptors (Lipinski definition) is 2. The Hall–Kier alpha value is -2.29. The Labute approximate surface area is 137 Å². The Morgan fingerprint density at radius 1 is 1.09 bits per heavy atom. The van der Waals surface area contributed by atoms with Gasteiger partial charge in [0.25, 0.3) is 0 Å². The molecule has 2 aromatic rings. The average Bonchev–Trinajstić information content (AvgIpc) is 2.49. The number of ether oxygens (including phenoxy) is 1. The van der Waals surface area contributed by atoms with Crippen LogP contribution in [0.4, 0.5) is 0 Å². The van der Waals surface area contributed by atoms with Gasteiger partial charge in [0.1, 0.15) is 5.75 Å². The molecule has 0 radical (unpaired) electrons. The summed E-state index contributed by atoms with van der Waals surface area (Å²) in [4.78, 5) is 10.6. The standard InChI is InChI=1S/C20H24O3/c1-13(2)19-11-16(6-5-14(19)3)10-17-7-8-18(9-15(17)4)23-12-20(21)22/h5-9,11,13H,10,12H2,1-4H3,(H,21,22). The van der Waals surface area contributed by atoms with E-state index < -0.39 is 5.97 Å². The first-order chi connectivity index (χ1) is 10.9. The molecule has 0 heterocycles. The van der Waals surface area contributed by atoms with Crippen molar-refractivity contribution in [3.8, 4) is 5.75 Å². The summed E-state index contributed by atoms with van der Waals surface area (Å²) in [7, 11) is 0. The summed E-state index contributed by atoms with van der Waals surface area (Å²) in [6.45, 7) is 8.30. The smallest absolute Gasteiger partial charge is 0.341 e. The molecule has 0 saturated heterocycles. The van der Waals surface area contributed by atoms with Gasteiger partial charge in [-0.15, -0.1) is 0 Å². The number of hydrogen-bond donors (Lipinski definition) is 1. The summed E-state index contributed by atoms with van der Waals surface area (Å²) in [6.07, 6.45) is 0.866. The van der Waals surface area contributed by atoms with E-state index in [4.69, 9.17) is 9.84 Å². The molecule has 0 unspecified atom stereocenters. The van der Waals surface area contributed by atoms with Crippen LogP contribution in [0.2, 0.25) is 0 Å². The Kier molecular flexibility index (Phi) is 5.43. The zero-order valence-electron chi connectivity index (χ0n) is 14.2. The fraction of sp³-hybridized carbons (Fsp3) is 0.350. The van der Waals surface area contributed by atoms with Crippen LogP contribution in [0, 0.1) is 13.8 Å². The molecule has 23 heavy (non-hydrogen) atoms. The van der Waals surface area contributed by atoms with Crippen molar-refractivity contribution in [1.29, 1.82) is 0 Å². The zero-order chi connectivity index (χ0) is 17.0. The number of carboxylic acids is 1. The van der Waals surface area contributed by atoms with Crippen LogP contribution in [0.3, 0.4) is 0 Å². The van der Waals surface area contributed by atoms with Gasteiger partial charge in [0.2, 0.25) is 0 Å². The fourth-order valence-corrected chi connectivity index (χ4v) is 2.74. The van der Waals surface area contributed by atoms with Gasteiger partial charge in [-0.25, -0.2) is 4.79 Å². The number of rotatable bonds is 6. The first-order valence-electron chi connectivity index (χ1n) is 7.90. The highest BCUT2D eigenvalue weighted by atomic mass is 16.5. The molecule has 0 aliphatic carbocycles. The highest BCUT2D eigenvalue weighted by Crippen LogP contribution is 2.24. The van der Waals surface area contributed by atoms with Crippen LogP contribution >= 0.6 is 0 Å². The van der Waals surface area contributed by atoms with Crippen LogP contribution in [0.5, 0.6) is 5.75 Å². The van der Waals surface area contributed by atoms with Crippen molar-refractivity contribution < 1.29 is 14.6 Å². The lowest BCUT2D eigenvalue weighted by Gasteiger charge is -2.13. The number of aliphatic carboxylic acids is 1. The molecule has 2 rings (SSSR count). The average molecular weight is 312 g/mol. The van der Waals surface area contributed by atoms with Gasteiger partial charge in [-0.1, -0.05) is 38.1 Å². The van der Waals surface area contributed by atoms with E-state index in [9.17, 15) is 4.79 Å². The van der Waals surface area contributed by atoms with Crippen molar-refractivity contribution >= 4 is 5.97 Å². The lowest BCUT2D eigenvalue weighted by molar-refractivity contribution is -0.139. The molecular weight excluding hydrogens is 288 g/mol. The lowest BCUT2D eigenvalue weighted by Crippen LogP contribution is -2.09. The maximum atomic E-state index is 10.6. The Morgan fingerprint density at radius 3 is 2.43 bits per heavy atom. The molecule has 0 spiro atoms. The minimum absolute atomic E-state index is 0.311. The van der Waals surface area contributed by atoms with Crippen molar-refractivity contribution in [3.05, 3.63) is 64.2 Å². The van der Waals surface area contributed by atoms with Gasteiger partial charge in [-0.2, -0.15) is 0 Å². The summed E-state index contributed by atoms with van der Waals surface area (Å²) < 4.78 is 5.22. The third-order valence-corrected chi connectivity index (χ3v) is 4.04. The van der Waals surface area contributed by atoms with E-state index in [1.165, 1.54) is 22.3 Å². The van der Waals surface area contributed by atoms with E-state index in [1.54, 1.807) is 0 Å². The number of aryl methyl sites for hydroxylation is 2. The third-order valence-electron chi connectivity index (χ3n) is 4.04. The van der Waals surface area contributed by atoms with Gasteiger partial charge in [0, 0.05) is 0 Å². The Morgan fingerprint density at radius 2 is 1.83 bits per heavy atom. The topological polar surface area (TPSA) is 46.5 Å². The largest absolute Gasteiger partial charge is 0.482 e. The molecule has 0 aliphatic heterocycles. The Balaban J connectivity index is 2.17. The number of carbonyl (C=O) groups is 1. The minimum atomic E-state index is -0.965. The molecular formula is C20H24O3. The third kappa shape index (κ3) is 4.59. The quantitative estimate of drug-likeness (QED) is 0.855. The molecule has 0 fully saturated rings. The SMILES string of the molecule is Cc1cc(OCC(=O)O)ccc1Cc1ccc(C)c(C(C)C)c1. The summed E-state index contributed by atoms with van der Waals surface area (Å²) >= 11 is 0. The zero-order valence-corrected chi connectivity index (χ0v) is 14.2. The normalized spacial score (nSPS) is 10.8. The van der Waals surface area contributed by atoms with Gasteiger partial charge in [-0.3, -0.25) is 0 Å². The molecule has 0 saturated carbocycles. The second-order valence-electron chi connectivity index (χ2n) is 6.29. The minimum Gasteiger partial charge on any atom is -0.482 e. The monoisotopic (exact) mass is 312 g/mol. The van der Waals surface area contributed by atoms with Crippen molar-refractivity contribution in [1.82, 2.24) is 0 Å². The van der Waals surface area contributed by atoms with Gasteiger partial charge >= 0.3 is 5.97 Å². The molecule has 3 nitrogen and oxygen atoms in total. The lowest BCUT2D eigenvalue weighted by atomic mass is 9.93. The first-order valence-corrected chi connectivity index (χ1v) is 7.90. The van der Waals surface area contributed by atoms with E-state index in [-0.39, 0.29) is 6.61 Å². The maximum absolute atomic E-state index is 10.6. The molecule has 1 N–H and O–H groups in total. The maximum Gasteiger partial charge on any atom is 0.341 e. The van der Waals surface area contributed by atoms with Gasteiger partial charge in [0.05, 0.1) is 0 Å². The Bertz CT molecular complexity index is 702. The molecule has 0 aromatic heterocycles. The summed E-state index contributed by atoms with van der Waals surface area (Å²) in [5.74, 6) is 0.149. The molecule has 2 aromatic carbocycles. The summed E-state index contributed by atoms with van der Waals surface area (Å²) in [5.41, 5.74) is 6.35. The second kappa shape index (κ2) is 7.32. The van der Waals surface area contributed by atoms with Crippen molar-refractivity contribution in [3.63, 3.8) is 0 Å². The van der Waals surface area contributed by atoms with Crippen LogP contribution in [-0.2, 0) is 11.2 Å². The van der Waals surface area contributed by atoms with E-state index in [2.05, 4.69) is 39.0 Å². The van der Waals surface area contributed by atoms with Gasteiger partial charge in [0.15, 0.2) is 6.61 Å². The van der Waals surface area contributed by atoms with Crippen molar-refractivity contribution in [2.24, 2.45) is 0 Å². The van der Waals surface area contributed by atoms with E-state index in [0.29, 0.717) is 11.7 Å². The molecule has 0 amide bonds. The fourth-order valence-electron chi connectivity index (χ4n) is 2.74. The van der Waals surface area contributed by atoms with Crippen LogP contribution in [-0.4, -0.2) is 17.7 Å². The first kappa shape index (κ1) is 17.1. The van der Waals surface area contributed by atoms with E-state index >= 15 is 0 Å². The molecule has 0 bridgehead atoms. The van der Waals surface area contributed by atoms with E-state index in [0.717, 1.165) is 12.0 Å². The number of benzene rings is 2. The van der Waals surface area contributed by atoms with Crippen LogP contribution < -0.4 is 4.74 Å².